The molecule has 1 aliphatic rings. The molecule has 3 nitrogen and oxygen atoms in total. The van der Waals surface area contributed by atoms with Gasteiger partial charge in [-0.2, -0.15) is 0 Å². The van der Waals surface area contributed by atoms with Crippen LogP contribution in [0.5, 0.6) is 0 Å². The van der Waals surface area contributed by atoms with E-state index in [0.29, 0.717) is 0 Å². The lowest BCUT2D eigenvalue weighted by molar-refractivity contribution is 0.0696. The van der Waals surface area contributed by atoms with Gasteiger partial charge in [-0.15, -0.1) is 11.8 Å². The molecule has 0 saturated carbocycles. The summed E-state index contributed by atoms with van der Waals surface area (Å²) in [7, 11) is 0. The molecule has 2 heterocycles. The monoisotopic (exact) mass is 299 g/mol. The maximum absolute atomic E-state index is 10.9. The zero-order chi connectivity index (χ0) is 15.0. The molecule has 3 rings (SSSR count). The molecule has 0 radical (unpaired) electrons. The van der Waals surface area contributed by atoms with Crippen molar-refractivity contribution in [3.63, 3.8) is 0 Å². The minimum atomic E-state index is -0.947. The molecular formula is C17H17NO2S. The maximum atomic E-state index is 10.9. The second kappa shape index (κ2) is 5.19. The number of fused-ring (bicyclic) bond motifs is 1. The van der Waals surface area contributed by atoms with Crippen LogP contribution in [0.15, 0.2) is 41.4 Å². The molecule has 108 valence electrons. The summed E-state index contributed by atoms with van der Waals surface area (Å²) in [6.07, 6.45) is 2.58. The highest BCUT2D eigenvalue weighted by Gasteiger charge is 2.28. The first-order chi connectivity index (χ1) is 9.97. The summed E-state index contributed by atoms with van der Waals surface area (Å²) in [6.45, 7) is 4.55. The van der Waals surface area contributed by atoms with Gasteiger partial charge < -0.3 is 5.11 Å². The largest absolute Gasteiger partial charge is 0.478 e. The van der Waals surface area contributed by atoms with Crippen LogP contribution in [0, 0.1) is 0 Å². The van der Waals surface area contributed by atoms with Crippen LogP contribution in [0.2, 0.25) is 0 Å². The van der Waals surface area contributed by atoms with E-state index in [-0.39, 0.29) is 11.0 Å². The van der Waals surface area contributed by atoms with Crippen LogP contribution < -0.4 is 0 Å². The number of aromatic nitrogens is 1. The second-order valence-corrected chi connectivity index (χ2v) is 7.07. The third kappa shape index (κ3) is 2.68. The average molecular weight is 299 g/mol. The molecule has 0 atom stereocenters. The summed E-state index contributed by atoms with van der Waals surface area (Å²) < 4.78 is 0. The van der Waals surface area contributed by atoms with Gasteiger partial charge in [0, 0.05) is 16.7 Å². The van der Waals surface area contributed by atoms with Crippen molar-refractivity contribution >= 4 is 17.7 Å². The first-order valence-electron chi connectivity index (χ1n) is 6.94. The first kappa shape index (κ1) is 14.1. The molecule has 0 bridgehead atoms. The van der Waals surface area contributed by atoms with Crippen LogP contribution in [0.25, 0.3) is 11.3 Å². The lowest BCUT2D eigenvalue weighted by Gasteiger charge is -2.32. The highest BCUT2D eigenvalue weighted by Crippen LogP contribution is 2.42. The molecule has 0 spiro atoms. The Bertz CT molecular complexity index is 692. The quantitative estimate of drug-likeness (QED) is 0.902. The number of hydrogen-bond acceptors (Lipinski definition) is 3. The summed E-state index contributed by atoms with van der Waals surface area (Å²) >= 11 is 1.90. The van der Waals surface area contributed by atoms with Gasteiger partial charge in [-0.05, 0) is 47.4 Å². The Kier molecular flexibility index (Phi) is 3.49. The Morgan fingerprint density at radius 3 is 2.76 bits per heavy atom. The summed E-state index contributed by atoms with van der Waals surface area (Å²) in [6, 6.07) is 9.79. The van der Waals surface area contributed by atoms with Crippen LogP contribution >= 0.6 is 11.8 Å². The van der Waals surface area contributed by atoms with E-state index in [2.05, 4.69) is 37.0 Å². The summed E-state index contributed by atoms with van der Waals surface area (Å²) in [4.78, 5) is 16.5. The average Bonchev–Trinajstić information content (AvgIpc) is 2.47. The number of rotatable bonds is 2. The van der Waals surface area contributed by atoms with E-state index in [9.17, 15) is 4.79 Å². The van der Waals surface area contributed by atoms with E-state index < -0.39 is 5.97 Å². The first-order valence-corrected chi connectivity index (χ1v) is 7.93. The summed E-state index contributed by atoms with van der Waals surface area (Å²) in [5.41, 5.74) is 3.61. The van der Waals surface area contributed by atoms with Gasteiger partial charge >= 0.3 is 5.97 Å². The Hall–Kier alpha value is -1.81. The number of hydrogen-bond donors (Lipinski definition) is 1. The summed E-state index contributed by atoms with van der Waals surface area (Å²) in [5, 5.41) is 8.93. The molecule has 0 fully saturated rings. The number of carboxylic acid groups (broad SMARTS) is 1. The number of carbonyl (C=O) groups is 1. The van der Waals surface area contributed by atoms with Crippen LogP contribution in [0.3, 0.4) is 0 Å². The standard InChI is InChI=1S/C17H17NO2S/c1-17(2)7-8-21-15-6-4-11(9-13(15)17)14-5-3-12(10-18-14)16(19)20/h3-6,9-10H,7-8H2,1-2H3,(H,19,20). The second-order valence-electron chi connectivity index (χ2n) is 5.93. The highest BCUT2D eigenvalue weighted by molar-refractivity contribution is 7.99. The van der Waals surface area contributed by atoms with E-state index >= 15 is 0 Å². The van der Waals surface area contributed by atoms with Crippen molar-refractivity contribution in [1.29, 1.82) is 0 Å². The molecule has 1 aromatic carbocycles. The van der Waals surface area contributed by atoms with Gasteiger partial charge in [0.2, 0.25) is 0 Å². The smallest absolute Gasteiger partial charge is 0.337 e. The molecule has 0 unspecified atom stereocenters. The predicted octanol–water partition coefficient (Wildman–Crippen LogP) is 4.22. The predicted molar refractivity (Wildman–Crippen MR) is 85.0 cm³/mol. The van der Waals surface area contributed by atoms with E-state index in [0.717, 1.165) is 17.0 Å². The van der Waals surface area contributed by atoms with Crippen molar-refractivity contribution < 1.29 is 9.90 Å². The third-order valence-electron chi connectivity index (χ3n) is 4.00. The van der Waals surface area contributed by atoms with Gasteiger partial charge in [0.05, 0.1) is 11.3 Å². The van der Waals surface area contributed by atoms with Crippen LogP contribution in [-0.4, -0.2) is 21.8 Å². The van der Waals surface area contributed by atoms with Crippen molar-refractivity contribution in [3.05, 3.63) is 47.7 Å². The molecule has 21 heavy (non-hydrogen) atoms. The fourth-order valence-electron chi connectivity index (χ4n) is 2.59. The molecule has 1 aromatic heterocycles. The molecule has 0 aliphatic carbocycles. The van der Waals surface area contributed by atoms with Gasteiger partial charge in [0.25, 0.3) is 0 Å². The topological polar surface area (TPSA) is 50.2 Å². The Labute approximate surface area is 128 Å². The molecule has 0 saturated heterocycles. The van der Waals surface area contributed by atoms with Gasteiger partial charge in [0.15, 0.2) is 0 Å². The van der Waals surface area contributed by atoms with Crippen molar-refractivity contribution in [2.45, 2.75) is 30.6 Å². The lowest BCUT2D eigenvalue weighted by Crippen LogP contribution is -2.22. The molecule has 1 aliphatic heterocycles. The van der Waals surface area contributed by atoms with E-state index in [1.165, 1.54) is 23.1 Å². The van der Waals surface area contributed by atoms with E-state index in [4.69, 9.17) is 5.11 Å². The Morgan fingerprint density at radius 2 is 2.10 bits per heavy atom. The van der Waals surface area contributed by atoms with Crippen LogP contribution in [0.1, 0.15) is 36.2 Å². The number of nitrogens with zero attached hydrogens (tertiary/aromatic N) is 1. The van der Waals surface area contributed by atoms with Crippen molar-refractivity contribution in [1.82, 2.24) is 4.98 Å². The Morgan fingerprint density at radius 1 is 1.29 bits per heavy atom. The third-order valence-corrected chi connectivity index (χ3v) is 5.07. The summed E-state index contributed by atoms with van der Waals surface area (Å²) in [5.74, 6) is 0.210. The SMILES string of the molecule is CC1(C)CCSc2ccc(-c3ccc(C(=O)O)cn3)cc21. The number of pyridine rings is 1. The molecular weight excluding hydrogens is 282 g/mol. The fourth-order valence-corrected chi connectivity index (χ4v) is 4.07. The maximum Gasteiger partial charge on any atom is 0.337 e. The van der Waals surface area contributed by atoms with Crippen molar-refractivity contribution in [2.75, 3.05) is 5.75 Å². The van der Waals surface area contributed by atoms with Crippen molar-refractivity contribution in [3.8, 4) is 11.3 Å². The minimum absolute atomic E-state index is 0.178. The lowest BCUT2D eigenvalue weighted by atomic mass is 9.81. The van der Waals surface area contributed by atoms with Gasteiger partial charge in [-0.25, -0.2) is 4.79 Å². The number of benzene rings is 1. The van der Waals surface area contributed by atoms with Gasteiger partial charge in [-0.3, -0.25) is 4.98 Å². The highest BCUT2D eigenvalue weighted by atomic mass is 32.2. The van der Waals surface area contributed by atoms with E-state index in [1.807, 2.05) is 11.8 Å². The van der Waals surface area contributed by atoms with Crippen LogP contribution in [0.4, 0.5) is 0 Å². The van der Waals surface area contributed by atoms with Crippen molar-refractivity contribution in [2.24, 2.45) is 0 Å². The van der Waals surface area contributed by atoms with Crippen LogP contribution in [-0.2, 0) is 5.41 Å². The zero-order valence-corrected chi connectivity index (χ0v) is 12.9. The van der Waals surface area contributed by atoms with Gasteiger partial charge in [-0.1, -0.05) is 19.9 Å². The zero-order valence-electron chi connectivity index (χ0n) is 12.1. The number of thioether (sulfide) groups is 1. The molecule has 1 N–H and O–H groups in total. The molecule has 4 heteroatoms. The number of aromatic carboxylic acids is 1. The molecule has 2 aromatic rings. The normalized spacial score (nSPS) is 16.3. The fraction of sp³-hybridized carbons (Fsp3) is 0.294. The van der Waals surface area contributed by atoms with E-state index in [1.54, 1.807) is 12.1 Å². The molecule has 0 amide bonds. The van der Waals surface area contributed by atoms with Gasteiger partial charge in [0.1, 0.15) is 0 Å². The number of carboxylic acids is 1. The Balaban J connectivity index is 2.02. The minimum Gasteiger partial charge on any atom is -0.478 e.